The van der Waals surface area contributed by atoms with Crippen molar-refractivity contribution in [2.24, 2.45) is 0 Å². The van der Waals surface area contributed by atoms with E-state index in [0.29, 0.717) is 16.3 Å². The van der Waals surface area contributed by atoms with E-state index in [1.165, 1.54) is 0 Å². The quantitative estimate of drug-likeness (QED) is 0.431. The maximum absolute atomic E-state index is 8.94. The third-order valence-electron chi connectivity index (χ3n) is 4.09. The summed E-state index contributed by atoms with van der Waals surface area (Å²) in [5.74, 6) is 1.43. The van der Waals surface area contributed by atoms with E-state index in [2.05, 4.69) is 21.3 Å². The van der Waals surface area contributed by atoms with Gasteiger partial charge in [0.15, 0.2) is 11.0 Å². The molecule has 2 heterocycles. The van der Waals surface area contributed by atoms with Crippen LogP contribution in [0.3, 0.4) is 0 Å². The zero-order valence-corrected chi connectivity index (χ0v) is 16.2. The first-order valence-electron chi connectivity index (χ1n) is 8.48. The molecular weight excluding hydrogens is 390 g/mol. The Hall–Kier alpha value is -3.14. The highest BCUT2D eigenvalue weighted by Crippen LogP contribution is 2.30. The lowest BCUT2D eigenvalue weighted by Gasteiger charge is -2.10. The monoisotopic (exact) mass is 403 g/mol. The van der Waals surface area contributed by atoms with Crippen molar-refractivity contribution < 1.29 is 0 Å². The van der Waals surface area contributed by atoms with Gasteiger partial charge >= 0.3 is 0 Å². The Labute approximate surface area is 171 Å². The molecule has 0 aliphatic rings. The van der Waals surface area contributed by atoms with Crippen molar-refractivity contribution in [1.29, 1.82) is 5.26 Å². The molecule has 0 atom stereocenters. The predicted octanol–water partition coefficient (Wildman–Crippen LogP) is 5.15. The number of hydrogen-bond donors (Lipinski definition) is 0. The minimum absolute atomic E-state index is 0.650. The number of nitriles is 1. The van der Waals surface area contributed by atoms with Gasteiger partial charge in [-0.1, -0.05) is 35.5 Å². The molecule has 0 bridgehead atoms. The molecule has 5 nitrogen and oxygen atoms in total. The van der Waals surface area contributed by atoms with Crippen molar-refractivity contribution in [2.75, 3.05) is 0 Å². The van der Waals surface area contributed by atoms with Gasteiger partial charge in [-0.2, -0.15) is 5.26 Å². The second kappa shape index (κ2) is 8.26. The number of pyridine rings is 1. The average Bonchev–Trinajstić information content (AvgIpc) is 3.18. The maximum atomic E-state index is 8.94. The molecular formula is C21H14ClN5S. The molecule has 4 rings (SSSR count). The molecule has 0 aliphatic carbocycles. The van der Waals surface area contributed by atoms with E-state index in [1.54, 1.807) is 24.2 Å². The molecule has 0 fully saturated rings. The number of rotatable bonds is 5. The highest BCUT2D eigenvalue weighted by molar-refractivity contribution is 7.98. The van der Waals surface area contributed by atoms with E-state index in [9.17, 15) is 0 Å². The summed E-state index contributed by atoms with van der Waals surface area (Å²) >= 11 is 7.64. The number of thioether (sulfide) groups is 1. The second-order valence-electron chi connectivity index (χ2n) is 5.96. The molecule has 136 valence electrons. The van der Waals surface area contributed by atoms with E-state index < -0.39 is 0 Å². The van der Waals surface area contributed by atoms with Crippen molar-refractivity contribution in [3.8, 4) is 23.1 Å². The van der Waals surface area contributed by atoms with Gasteiger partial charge in [0.2, 0.25) is 0 Å². The molecule has 0 aliphatic heterocycles. The molecule has 0 radical (unpaired) electrons. The summed E-state index contributed by atoms with van der Waals surface area (Å²) < 4.78 is 2.00. The Kier molecular flexibility index (Phi) is 5.38. The molecule has 0 saturated heterocycles. The van der Waals surface area contributed by atoms with Crippen LogP contribution in [0.25, 0.3) is 17.1 Å². The second-order valence-corrected chi connectivity index (χ2v) is 7.34. The lowest BCUT2D eigenvalue weighted by molar-refractivity contribution is 0.886. The fourth-order valence-electron chi connectivity index (χ4n) is 2.69. The van der Waals surface area contributed by atoms with Gasteiger partial charge in [-0.15, -0.1) is 10.2 Å². The first-order chi connectivity index (χ1) is 13.7. The van der Waals surface area contributed by atoms with E-state index in [-0.39, 0.29) is 0 Å². The first kappa shape index (κ1) is 18.2. The van der Waals surface area contributed by atoms with Gasteiger partial charge in [-0.3, -0.25) is 9.55 Å². The Balaban J connectivity index is 1.69. The van der Waals surface area contributed by atoms with Gasteiger partial charge in [0.25, 0.3) is 0 Å². The van der Waals surface area contributed by atoms with Gasteiger partial charge in [0, 0.05) is 34.4 Å². The summed E-state index contributed by atoms with van der Waals surface area (Å²) in [4.78, 5) is 4.19. The third kappa shape index (κ3) is 3.91. The Bertz CT molecular complexity index is 1120. The molecule has 0 amide bonds. The largest absolute Gasteiger partial charge is 0.270 e. The lowest BCUT2D eigenvalue weighted by atomic mass is 10.2. The topological polar surface area (TPSA) is 67.4 Å². The molecule has 28 heavy (non-hydrogen) atoms. The highest BCUT2D eigenvalue weighted by atomic mass is 35.5. The van der Waals surface area contributed by atoms with Crippen LogP contribution >= 0.6 is 23.4 Å². The molecule has 7 heteroatoms. The summed E-state index contributed by atoms with van der Waals surface area (Å²) in [6.07, 6.45) is 3.50. The molecule has 4 aromatic rings. The first-order valence-corrected chi connectivity index (χ1v) is 9.84. The van der Waals surface area contributed by atoms with Crippen LogP contribution in [0, 0.1) is 11.3 Å². The van der Waals surface area contributed by atoms with Crippen LogP contribution in [-0.2, 0) is 5.75 Å². The summed E-state index contributed by atoms with van der Waals surface area (Å²) in [5.41, 5.74) is 3.57. The summed E-state index contributed by atoms with van der Waals surface area (Å²) in [6, 6.07) is 21.1. The smallest absolute Gasteiger partial charge is 0.196 e. The van der Waals surface area contributed by atoms with Crippen molar-refractivity contribution in [3.63, 3.8) is 0 Å². The normalized spacial score (nSPS) is 10.6. The highest BCUT2D eigenvalue weighted by Gasteiger charge is 2.16. The van der Waals surface area contributed by atoms with Crippen LogP contribution in [0.1, 0.15) is 11.1 Å². The summed E-state index contributed by atoms with van der Waals surface area (Å²) in [5, 5.41) is 19.2. The maximum Gasteiger partial charge on any atom is 0.196 e. The van der Waals surface area contributed by atoms with E-state index in [0.717, 1.165) is 27.8 Å². The average molecular weight is 404 g/mol. The van der Waals surface area contributed by atoms with Crippen LogP contribution in [0.2, 0.25) is 5.02 Å². The Morgan fingerprint density at radius 2 is 1.79 bits per heavy atom. The number of halogens is 1. The van der Waals surface area contributed by atoms with E-state index >= 15 is 0 Å². The van der Waals surface area contributed by atoms with E-state index in [4.69, 9.17) is 16.9 Å². The van der Waals surface area contributed by atoms with Crippen LogP contribution in [-0.4, -0.2) is 19.7 Å². The summed E-state index contributed by atoms with van der Waals surface area (Å²) in [7, 11) is 0. The molecule has 0 N–H and O–H groups in total. The molecule has 0 unspecified atom stereocenters. The molecule has 2 aromatic heterocycles. The van der Waals surface area contributed by atoms with Crippen molar-refractivity contribution in [1.82, 2.24) is 19.7 Å². The predicted molar refractivity (Wildman–Crippen MR) is 110 cm³/mol. The van der Waals surface area contributed by atoms with Crippen LogP contribution < -0.4 is 0 Å². The minimum atomic E-state index is 0.650. The molecule has 0 spiro atoms. The molecule has 2 aromatic carbocycles. The lowest BCUT2D eigenvalue weighted by Crippen LogP contribution is -2.00. The van der Waals surface area contributed by atoms with Gasteiger partial charge in [-0.25, -0.2) is 0 Å². The minimum Gasteiger partial charge on any atom is -0.270 e. The number of hydrogen-bond acceptors (Lipinski definition) is 5. The zero-order valence-electron chi connectivity index (χ0n) is 14.7. The van der Waals surface area contributed by atoms with Crippen molar-refractivity contribution in [3.05, 3.63) is 89.2 Å². The third-order valence-corrected chi connectivity index (χ3v) is 5.34. The summed E-state index contributed by atoms with van der Waals surface area (Å²) in [6.45, 7) is 0. The molecule has 0 saturated carbocycles. The SMILES string of the molecule is N#Cc1ccc(CSc2nnc(-c3cccnc3)n2-c2ccc(Cl)cc2)cc1. The van der Waals surface area contributed by atoms with Gasteiger partial charge < -0.3 is 0 Å². The van der Waals surface area contributed by atoms with Crippen LogP contribution in [0.5, 0.6) is 0 Å². The number of aromatic nitrogens is 4. The fraction of sp³-hybridized carbons (Fsp3) is 0.0476. The number of nitrogens with zero attached hydrogens (tertiary/aromatic N) is 5. The van der Waals surface area contributed by atoms with Gasteiger partial charge in [0.1, 0.15) is 0 Å². The standard InChI is InChI=1S/C21H14ClN5S/c22-18-7-9-19(10-8-18)27-20(17-2-1-11-24-13-17)25-26-21(27)28-14-16-5-3-15(12-23)4-6-16/h1-11,13H,14H2. The van der Waals surface area contributed by atoms with Crippen LogP contribution in [0.4, 0.5) is 0 Å². The number of benzene rings is 2. The Morgan fingerprint density at radius 1 is 1.00 bits per heavy atom. The van der Waals surface area contributed by atoms with Crippen LogP contribution in [0.15, 0.2) is 78.2 Å². The van der Waals surface area contributed by atoms with E-state index in [1.807, 2.05) is 65.2 Å². The van der Waals surface area contributed by atoms with Crippen molar-refractivity contribution >= 4 is 23.4 Å². The zero-order chi connectivity index (χ0) is 19.3. The van der Waals surface area contributed by atoms with Crippen molar-refractivity contribution in [2.45, 2.75) is 10.9 Å². The fourth-order valence-corrected chi connectivity index (χ4v) is 3.73. The van der Waals surface area contributed by atoms with Gasteiger partial charge in [0.05, 0.1) is 11.6 Å². The van der Waals surface area contributed by atoms with Gasteiger partial charge in [-0.05, 0) is 54.1 Å². The Morgan fingerprint density at radius 3 is 2.46 bits per heavy atom.